The Labute approximate surface area is 118 Å². The third-order valence-corrected chi connectivity index (χ3v) is 2.87. The number of carbonyl (C=O) groups excluding carboxylic acids is 1. The van der Waals surface area contributed by atoms with Gasteiger partial charge >= 0.3 is 5.97 Å². The molecule has 1 unspecified atom stereocenters. The highest BCUT2D eigenvalue weighted by Gasteiger charge is 2.18. The van der Waals surface area contributed by atoms with Gasteiger partial charge in [-0.1, -0.05) is 43.7 Å². The van der Waals surface area contributed by atoms with E-state index in [4.69, 9.17) is 9.84 Å². The van der Waals surface area contributed by atoms with Crippen molar-refractivity contribution in [3.63, 3.8) is 0 Å². The molecule has 1 aromatic rings. The number of carbonyl (C=O) groups is 2. The first-order chi connectivity index (χ1) is 9.65. The average Bonchev–Trinajstić information content (AvgIpc) is 2.44. The smallest absolute Gasteiger partial charge is 0.329 e. The summed E-state index contributed by atoms with van der Waals surface area (Å²) in [7, 11) is 0. The fourth-order valence-electron chi connectivity index (χ4n) is 1.95. The zero-order valence-electron chi connectivity index (χ0n) is 11.7. The molecule has 0 fully saturated rings. The molecule has 5 nitrogen and oxygen atoms in total. The summed E-state index contributed by atoms with van der Waals surface area (Å²) >= 11 is 0. The minimum Gasteiger partial charge on any atom is -0.480 e. The molecule has 0 saturated carbocycles. The van der Waals surface area contributed by atoms with Gasteiger partial charge in [-0.05, 0) is 12.0 Å². The molecule has 0 saturated heterocycles. The van der Waals surface area contributed by atoms with E-state index in [1.54, 1.807) is 0 Å². The summed E-state index contributed by atoms with van der Waals surface area (Å²) in [6.07, 6.45) is 1.70. The lowest BCUT2D eigenvalue weighted by Crippen LogP contribution is -2.32. The van der Waals surface area contributed by atoms with Crippen LogP contribution in [0.3, 0.4) is 0 Å². The Morgan fingerprint density at radius 2 is 2.00 bits per heavy atom. The van der Waals surface area contributed by atoms with Gasteiger partial charge in [-0.2, -0.15) is 0 Å². The van der Waals surface area contributed by atoms with Gasteiger partial charge in [-0.3, -0.25) is 4.79 Å². The maximum absolute atomic E-state index is 12.1. The molecule has 5 heteroatoms. The van der Waals surface area contributed by atoms with E-state index in [1.807, 2.05) is 37.3 Å². The fraction of sp³-hybridized carbons (Fsp3) is 0.467. The summed E-state index contributed by atoms with van der Waals surface area (Å²) in [5.41, 5.74) is 0.998. The van der Waals surface area contributed by atoms with E-state index in [0.717, 1.165) is 18.4 Å². The molecule has 1 aromatic carbocycles. The molecule has 20 heavy (non-hydrogen) atoms. The number of amides is 1. The monoisotopic (exact) mass is 279 g/mol. The second-order valence-corrected chi connectivity index (χ2v) is 4.49. The quantitative estimate of drug-likeness (QED) is 0.676. The Kier molecular flexibility index (Phi) is 7.35. The summed E-state index contributed by atoms with van der Waals surface area (Å²) in [5, 5.41) is 11.2. The van der Waals surface area contributed by atoms with Crippen LogP contribution in [0.4, 0.5) is 0 Å². The molecule has 0 aliphatic heterocycles. The Morgan fingerprint density at radius 1 is 1.30 bits per heavy atom. The molecular weight excluding hydrogens is 258 g/mol. The molecule has 2 N–H and O–H groups in total. The largest absolute Gasteiger partial charge is 0.480 e. The standard InChI is InChI=1S/C15H21NO4/c1-2-6-13(12-7-4-3-5-8-12)15(19)16-9-10-20-11-14(17)18/h3-5,7-8,13H,2,6,9-11H2,1H3,(H,16,19)(H,17,18). The molecule has 0 aliphatic carbocycles. The Hall–Kier alpha value is -1.88. The molecule has 0 aromatic heterocycles. The van der Waals surface area contributed by atoms with Crippen LogP contribution in [-0.2, 0) is 14.3 Å². The van der Waals surface area contributed by atoms with Crippen molar-refractivity contribution in [1.82, 2.24) is 5.32 Å². The molecule has 0 bridgehead atoms. The number of benzene rings is 1. The second kappa shape index (κ2) is 9.09. The number of rotatable bonds is 9. The van der Waals surface area contributed by atoms with Crippen LogP contribution in [0.2, 0.25) is 0 Å². The molecule has 0 heterocycles. The third-order valence-electron chi connectivity index (χ3n) is 2.87. The Bertz CT molecular complexity index is 419. The minimum absolute atomic E-state index is 0.0445. The summed E-state index contributed by atoms with van der Waals surface area (Å²) in [4.78, 5) is 22.4. The van der Waals surface area contributed by atoms with Crippen molar-refractivity contribution in [3.8, 4) is 0 Å². The van der Waals surface area contributed by atoms with Gasteiger partial charge in [-0.15, -0.1) is 0 Å². The van der Waals surface area contributed by atoms with E-state index in [9.17, 15) is 9.59 Å². The predicted octanol–water partition coefficient (Wildman–Crippen LogP) is 1.79. The highest BCUT2D eigenvalue weighted by atomic mass is 16.5. The van der Waals surface area contributed by atoms with E-state index >= 15 is 0 Å². The van der Waals surface area contributed by atoms with Crippen LogP contribution in [0.5, 0.6) is 0 Å². The van der Waals surface area contributed by atoms with Gasteiger partial charge in [0, 0.05) is 6.54 Å². The normalized spacial score (nSPS) is 11.8. The molecule has 0 aliphatic rings. The molecule has 110 valence electrons. The highest BCUT2D eigenvalue weighted by molar-refractivity contribution is 5.83. The van der Waals surface area contributed by atoms with Gasteiger partial charge < -0.3 is 15.2 Å². The van der Waals surface area contributed by atoms with Crippen molar-refractivity contribution in [2.75, 3.05) is 19.8 Å². The van der Waals surface area contributed by atoms with E-state index in [2.05, 4.69) is 5.32 Å². The van der Waals surface area contributed by atoms with Gasteiger partial charge in [0.15, 0.2) is 0 Å². The third kappa shape index (κ3) is 5.84. The lowest BCUT2D eigenvalue weighted by molar-refractivity contribution is -0.142. The maximum atomic E-state index is 12.1. The molecule has 1 amide bonds. The summed E-state index contributed by atoms with van der Waals surface area (Å²) in [5.74, 6) is -1.22. The lowest BCUT2D eigenvalue weighted by Gasteiger charge is -2.16. The number of carboxylic acid groups (broad SMARTS) is 1. The van der Waals surface area contributed by atoms with Gasteiger partial charge in [0.05, 0.1) is 12.5 Å². The van der Waals surface area contributed by atoms with E-state index in [0.29, 0.717) is 6.54 Å². The predicted molar refractivity (Wildman–Crippen MR) is 75.6 cm³/mol. The van der Waals surface area contributed by atoms with Crippen LogP contribution >= 0.6 is 0 Å². The van der Waals surface area contributed by atoms with Crippen molar-refractivity contribution < 1.29 is 19.4 Å². The first-order valence-corrected chi connectivity index (χ1v) is 6.77. The lowest BCUT2D eigenvalue weighted by atomic mass is 9.94. The summed E-state index contributed by atoms with van der Waals surface area (Å²) < 4.78 is 4.88. The van der Waals surface area contributed by atoms with Crippen molar-refractivity contribution >= 4 is 11.9 Å². The van der Waals surface area contributed by atoms with Gasteiger partial charge in [0.1, 0.15) is 6.61 Å². The van der Waals surface area contributed by atoms with Crippen LogP contribution in [0.15, 0.2) is 30.3 Å². The number of carboxylic acids is 1. The van der Waals surface area contributed by atoms with Gasteiger partial charge in [0.2, 0.25) is 5.91 Å². The second-order valence-electron chi connectivity index (χ2n) is 4.49. The summed E-state index contributed by atoms with van der Waals surface area (Å²) in [6, 6.07) is 9.65. The van der Waals surface area contributed by atoms with E-state index in [1.165, 1.54) is 0 Å². The van der Waals surface area contributed by atoms with E-state index in [-0.39, 0.29) is 25.0 Å². The maximum Gasteiger partial charge on any atom is 0.329 e. The zero-order valence-corrected chi connectivity index (χ0v) is 11.7. The SMILES string of the molecule is CCCC(C(=O)NCCOCC(=O)O)c1ccccc1. The molecule has 0 radical (unpaired) electrons. The van der Waals surface area contributed by atoms with E-state index < -0.39 is 5.97 Å². The summed E-state index contributed by atoms with van der Waals surface area (Å²) in [6.45, 7) is 2.22. The van der Waals surface area contributed by atoms with Crippen molar-refractivity contribution in [2.24, 2.45) is 0 Å². The molecule has 1 atom stereocenters. The van der Waals surface area contributed by atoms with Crippen LogP contribution in [0.1, 0.15) is 31.2 Å². The zero-order chi connectivity index (χ0) is 14.8. The first kappa shape index (κ1) is 16.2. The topological polar surface area (TPSA) is 75.6 Å². The number of ether oxygens (including phenoxy) is 1. The van der Waals surface area contributed by atoms with Gasteiger partial charge in [-0.25, -0.2) is 4.79 Å². The van der Waals surface area contributed by atoms with Crippen LogP contribution in [-0.4, -0.2) is 36.7 Å². The number of aliphatic carboxylic acids is 1. The van der Waals surface area contributed by atoms with Gasteiger partial charge in [0.25, 0.3) is 0 Å². The van der Waals surface area contributed by atoms with Crippen molar-refractivity contribution in [3.05, 3.63) is 35.9 Å². The molecule has 1 rings (SSSR count). The molecular formula is C15H21NO4. The van der Waals surface area contributed by atoms with Crippen molar-refractivity contribution in [2.45, 2.75) is 25.7 Å². The van der Waals surface area contributed by atoms with Crippen LogP contribution in [0.25, 0.3) is 0 Å². The average molecular weight is 279 g/mol. The first-order valence-electron chi connectivity index (χ1n) is 6.77. The fourth-order valence-corrected chi connectivity index (χ4v) is 1.95. The van der Waals surface area contributed by atoms with Crippen molar-refractivity contribution in [1.29, 1.82) is 0 Å². The van der Waals surface area contributed by atoms with Crippen LogP contribution in [0, 0.1) is 0 Å². The number of hydrogen-bond acceptors (Lipinski definition) is 3. The highest BCUT2D eigenvalue weighted by Crippen LogP contribution is 2.21. The Morgan fingerprint density at radius 3 is 2.60 bits per heavy atom. The number of nitrogens with one attached hydrogen (secondary N) is 1. The molecule has 0 spiro atoms. The minimum atomic E-state index is -1.01. The Balaban J connectivity index is 2.43. The number of hydrogen-bond donors (Lipinski definition) is 2. The van der Waals surface area contributed by atoms with Crippen LogP contribution < -0.4 is 5.32 Å².